The molecule has 0 saturated heterocycles. The molecule has 0 atom stereocenters. The molecule has 1 fully saturated rings. The third-order valence-electron chi connectivity index (χ3n) is 3.32. The topological polar surface area (TPSA) is 21.6 Å². The van der Waals surface area contributed by atoms with Crippen LogP contribution in [0.4, 0.5) is 0 Å². The van der Waals surface area contributed by atoms with Crippen molar-refractivity contribution >= 4 is 11.8 Å². The first kappa shape index (κ1) is 13.9. The zero-order chi connectivity index (χ0) is 13.6. The van der Waals surface area contributed by atoms with Crippen molar-refractivity contribution in [3.63, 3.8) is 0 Å². The maximum Gasteiger partial charge on any atom is 0.150 e. The fourth-order valence-electron chi connectivity index (χ4n) is 2.12. The van der Waals surface area contributed by atoms with Crippen LogP contribution in [0.1, 0.15) is 51.5 Å². The lowest BCUT2D eigenvalue weighted by Gasteiger charge is -2.20. The Labute approximate surface area is 116 Å². The Hall–Kier alpha value is -1.57. The van der Waals surface area contributed by atoms with Crippen molar-refractivity contribution in [1.82, 2.24) is 0 Å². The molecule has 0 heterocycles. The number of nitrogens with zero attached hydrogens (tertiary/aromatic N) is 1. The smallest absolute Gasteiger partial charge is 0.150 e. The van der Waals surface area contributed by atoms with Gasteiger partial charge in [-0.25, -0.2) is 0 Å². The SMILES string of the molecule is CC(C)(/C=C/c1ccccc1)ON=C1CCCCC1. The molecule has 0 amide bonds. The molecular formula is C17H23NO. The van der Waals surface area contributed by atoms with E-state index in [9.17, 15) is 0 Å². The predicted octanol–water partition coefficient (Wildman–Crippen LogP) is 4.82. The molecule has 1 saturated carbocycles. The zero-order valence-electron chi connectivity index (χ0n) is 11.9. The minimum atomic E-state index is -0.361. The van der Waals surface area contributed by atoms with Crippen molar-refractivity contribution in [2.75, 3.05) is 0 Å². The van der Waals surface area contributed by atoms with Gasteiger partial charge in [0.1, 0.15) is 0 Å². The number of hydrogen-bond acceptors (Lipinski definition) is 2. The summed E-state index contributed by atoms with van der Waals surface area (Å²) in [6, 6.07) is 10.3. The molecule has 2 rings (SSSR count). The third-order valence-corrected chi connectivity index (χ3v) is 3.32. The van der Waals surface area contributed by atoms with E-state index in [0.29, 0.717) is 0 Å². The van der Waals surface area contributed by atoms with E-state index in [0.717, 1.165) is 12.8 Å². The van der Waals surface area contributed by atoms with Crippen molar-refractivity contribution in [3.8, 4) is 0 Å². The summed E-state index contributed by atoms with van der Waals surface area (Å²) in [6.45, 7) is 4.08. The molecule has 102 valence electrons. The Balaban J connectivity index is 1.92. The zero-order valence-corrected chi connectivity index (χ0v) is 11.9. The molecule has 1 aromatic rings. The molecule has 0 radical (unpaired) electrons. The van der Waals surface area contributed by atoms with E-state index >= 15 is 0 Å². The average molecular weight is 257 g/mol. The Morgan fingerprint density at radius 2 is 1.74 bits per heavy atom. The molecule has 0 bridgehead atoms. The molecule has 0 aliphatic heterocycles. The van der Waals surface area contributed by atoms with E-state index < -0.39 is 0 Å². The summed E-state index contributed by atoms with van der Waals surface area (Å²) in [5.41, 5.74) is 2.04. The van der Waals surface area contributed by atoms with Gasteiger partial charge in [-0.2, -0.15) is 0 Å². The Bertz CT molecular complexity index is 438. The van der Waals surface area contributed by atoms with Gasteiger partial charge in [-0.15, -0.1) is 0 Å². The van der Waals surface area contributed by atoms with Gasteiger partial charge in [-0.3, -0.25) is 0 Å². The van der Waals surface area contributed by atoms with Gasteiger partial charge in [-0.1, -0.05) is 48.0 Å². The van der Waals surface area contributed by atoms with Crippen molar-refractivity contribution in [1.29, 1.82) is 0 Å². The van der Waals surface area contributed by atoms with Crippen LogP contribution in [0.3, 0.4) is 0 Å². The second-order valence-corrected chi connectivity index (χ2v) is 5.66. The molecule has 0 N–H and O–H groups in total. The molecule has 1 aromatic carbocycles. The first-order chi connectivity index (χ1) is 9.16. The van der Waals surface area contributed by atoms with Crippen molar-refractivity contribution < 1.29 is 4.84 Å². The Kier molecular flexibility index (Phi) is 4.78. The fourth-order valence-corrected chi connectivity index (χ4v) is 2.12. The van der Waals surface area contributed by atoms with Gasteiger partial charge in [0.05, 0.1) is 5.71 Å². The summed E-state index contributed by atoms with van der Waals surface area (Å²) in [5.74, 6) is 0. The maximum absolute atomic E-state index is 5.69. The second-order valence-electron chi connectivity index (χ2n) is 5.66. The molecule has 0 unspecified atom stereocenters. The standard InChI is InChI=1S/C17H23NO/c1-17(2,14-13-15-9-5-3-6-10-15)19-18-16-11-7-4-8-12-16/h3,5-6,9-10,13-14H,4,7-8,11-12H2,1-2H3/b14-13+. The molecule has 0 spiro atoms. The summed E-state index contributed by atoms with van der Waals surface area (Å²) in [5, 5.41) is 4.33. The largest absolute Gasteiger partial charge is 0.386 e. The van der Waals surface area contributed by atoms with Crippen LogP contribution >= 0.6 is 0 Å². The molecule has 19 heavy (non-hydrogen) atoms. The lowest BCUT2D eigenvalue weighted by molar-refractivity contribution is 0.0237. The van der Waals surface area contributed by atoms with Gasteiger partial charge >= 0.3 is 0 Å². The fraction of sp³-hybridized carbons (Fsp3) is 0.471. The van der Waals surface area contributed by atoms with E-state index in [1.54, 1.807) is 0 Å². The van der Waals surface area contributed by atoms with E-state index in [-0.39, 0.29) is 5.60 Å². The van der Waals surface area contributed by atoms with Crippen molar-refractivity contribution in [3.05, 3.63) is 42.0 Å². The minimum Gasteiger partial charge on any atom is -0.386 e. The van der Waals surface area contributed by atoms with Crippen molar-refractivity contribution in [2.45, 2.75) is 51.6 Å². The van der Waals surface area contributed by atoms with Crippen LogP contribution in [-0.2, 0) is 4.84 Å². The molecular weight excluding hydrogens is 234 g/mol. The Morgan fingerprint density at radius 3 is 2.42 bits per heavy atom. The summed E-state index contributed by atoms with van der Waals surface area (Å²) < 4.78 is 0. The predicted molar refractivity (Wildman–Crippen MR) is 81.2 cm³/mol. The van der Waals surface area contributed by atoms with Gasteiger partial charge in [0, 0.05) is 0 Å². The van der Waals surface area contributed by atoms with Crippen LogP contribution in [0, 0.1) is 0 Å². The minimum absolute atomic E-state index is 0.361. The maximum atomic E-state index is 5.69. The molecule has 1 aliphatic carbocycles. The lowest BCUT2D eigenvalue weighted by atomic mass is 9.99. The number of rotatable bonds is 4. The summed E-state index contributed by atoms with van der Waals surface area (Å²) in [6.07, 6.45) is 10.2. The molecule has 1 aliphatic rings. The average Bonchev–Trinajstić information content (AvgIpc) is 2.46. The number of benzene rings is 1. The first-order valence-corrected chi connectivity index (χ1v) is 7.14. The molecule has 2 nitrogen and oxygen atoms in total. The highest BCUT2D eigenvalue weighted by Gasteiger charge is 2.16. The van der Waals surface area contributed by atoms with Gasteiger partial charge < -0.3 is 4.84 Å². The van der Waals surface area contributed by atoms with Gasteiger partial charge in [-0.05, 0) is 51.2 Å². The van der Waals surface area contributed by atoms with Crippen LogP contribution in [0.2, 0.25) is 0 Å². The highest BCUT2D eigenvalue weighted by atomic mass is 16.6. The highest BCUT2D eigenvalue weighted by molar-refractivity contribution is 5.84. The lowest BCUT2D eigenvalue weighted by Crippen LogP contribution is -2.19. The summed E-state index contributed by atoms with van der Waals surface area (Å²) >= 11 is 0. The van der Waals surface area contributed by atoms with Crippen LogP contribution in [-0.4, -0.2) is 11.3 Å². The Morgan fingerprint density at radius 1 is 1.05 bits per heavy atom. The first-order valence-electron chi connectivity index (χ1n) is 7.14. The van der Waals surface area contributed by atoms with E-state index in [4.69, 9.17) is 4.84 Å². The van der Waals surface area contributed by atoms with E-state index in [1.165, 1.54) is 30.5 Å². The van der Waals surface area contributed by atoms with Crippen LogP contribution in [0.25, 0.3) is 6.08 Å². The summed E-state index contributed by atoms with van der Waals surface area (Å²) in [7, 11) is 0. The van der Waals surface area contributed by atoms with Gasteiger partial charge in [0.2, 0.25) is 0 Å². The molecule has 0 aromatic heterocycles. The second kappa shape index (κ2) is 6.55. The van der Waals surface area contributed by atoms with E-state index in [2.05, 4.69) is 29.4 Å². The monoisotopic (exact) mass is 257 g/mol. The quantitative estimate of drug-likeness (QED) is 0.709. The van der Waals surface area contributed by atoms with Gasteiger partial charge in [0.15, 0.2) is 5.60 Å². The highest BCUT2D eigenvalue weighted by Crippen LogP contribution is 2.18. The van der Waals surface area contributed by atoms with Crippen LogP contribution in [0.5, 0.6) is 0 Å². The van der Waals surface area contributed by atoms with Crippen LogP contribution in [0.15, 0.2) is 41.6 Å². The normalized spacial score (nSPS) is 16.6. The number of hydrogen-bond donors (Lipinski definition) is 0. The number of oxime groups is 1. The van der Waals surface area contributed by atoms with Crippen molar-refractivity contribution in [2.24, 2.45) is 5.16 Å². The van der Waals surface area contributed by atoms with Gasteiger partial charge in [0.25, 0.3) is 0 Å². The van der Waals surface area contributed by atoms with E-state index in [1.807, 2.05) is 32.0 Å². The third kappa shape index (κ3) is 4.90. The molecule has 2 heteroatoms. The summed E-state index contributed by atoms with van der Waals surface area (Å²) in [4.78, 5) is 5.69. The van der Waals surface area contributed by atoms with Crippen LogP contribution < -0.4 is 0 Å².